The molecule has 0 aromatic carbocycles. The Bertz CT molecular complexity index is 273. The minimum atomic E-state index is -0.334. The second-order valence-electron chi connectivity index (χ2n) is 3.75. The molecule has 6 heteroatoms. The molecule has 0 N–H and O–H groups in total. The van der Waals surface area contributed by atoms with E-state index in [9.17, 15) is 4.79 Å². The topological polar surface area (TPSA) is 42.0 Å². The van der Waals surface area contributed by atoms with Gasteiger partial charge in [0.25, 0.3) is 6.35 Å². The molecule has 17 heavy (non-hydrogen) atoms. The summed E-state index contributed by atoms with van der Waals surface area (Å²) in [6, 6.07) is 0. The fraction of sp³-hybridized carbons (Fsp3) is 0.727. The van der Waals surface area contributed by atoms with Crippen molar-refractivity contribution in [3.8, 4) is 0 Å². The van der Waals surface area contributed by atoms with Crippen LogP contribution in [0.5, 0.6) is 0 Å². The minimum Gasteiger partial charge on any atom is -0.422 e. The minimum absolute atomic E-state index is 0.165. The molecule has 1 rings (SSSR count). The van der Waals surface area contributed by atoms with E-state index in [0.29, 0.717) is 19.6 Å². The molecule has 5 nitrogen and oxygen atoms in total. The van der Waals surface area contributed by atoms with Crippen molar-refractivity contribution in [2.45, 2.75) is 12.8 Å². The van der Waals surface area contributed by atoms with E-state index in [-0.39, 0.29) is 12.3 Å². The maximum Gasteiger partial charge on any atom is 0.309 e. The van der Waals surface area contributed by atoms with Gasteiger partial charge >= 0.3 is 5.97 Å². The lowest BCUT2D eigenvalue weighted by molar-refractivity contribution is -0.167. The Morgan fingerprint density at radius 1 is 1.47 bits per heavy atom. The molecule has 0 aromatic rings. The molecule has 1 unspecified atom stereocenters. The average Bonchev–Trinajstić information content (AvgIpc) is 2.66. The van der Waals surface area contributed by atoms with Crippen LogP contribution in [0.4, 0.5) is 0 Å². The highest BCUT2D eigenvalue weighted by molar-refractivity contribution is 7.98. The van der Waals surface area contributed by atoms with Gasteiger partial charge < -0.3 is 19.3 Å². The van der Waals surface area contributed by atoms with Gasteiger partial charge in [-0.25, -0.2) is 0 Å². The van der Waals surface area contributed by atoms with Crippen molar-refractivity contribution in [1.29, 1.82) is 0 Å². The van der Waals surface area contributed by atoms with Crippen molar-refractivity contribution in [2.24, 2.45) is 0 Å². The average molecular weight is 260 g/mol. The van der Waals surface area contributed by atoms with Gasteiger partial charge in [-0.05, 0) is 6.26 Å². The summed E-state index contributed by atoms with van der Waals surface area (Å²) in [4.78, 5) is 15.4. The molecule has 0 amide bonds. The normalized spacial score (nSPS) is 18.9. The Balaban J connectivity index is 2.40. The smallest absolute Gasteiger partial charge is 0.309 e. The Morgan fingerprint density at radius 2 is 2.24 bits per heavy atom. The lowest BCUT2D eigenvalue weighted by Crippen LogP contribution is -2.41. The van der Waals surface area contributed by atoms with Crippen LogP contribution in [-0.2, 0) is 14.3 Å². The molecule has 0 aromatic heterocycles. The van der Waals surface area contributed by atoms with E-state index < -0.39 is 0 Å². The van der Waals surface area contributed by atoms with Gasteiger partial charge in [0.15, 0.2) is 0 Å². The quantitative estimate of drug-likeness (QED) is 0.634. The van der Waals surface area contributed by atoms with Crippen LogP contribution >= 0.6 is 11.8 Å². The number of rotatable bonds is 7. The lowest BCUT2D eigenvalue weighted by atomic mass is 10.5. The van der Waals surface area contributed by atoms with Gasteiger partial charge in [-0.15, -0.1) is 0 Å². The lowest BCUT2D eigenvalue weighted by Gasteiger charge is -2.29. The SMILES string of the molecule is COCCN1C=CN(C)C1OC(=O)CCSC. The summed E-state index contributed by atoms with van der Waals surface area (Å²) in [5.74, 6) is 0.628. The third-order valence-corrected chi connectivity index (χ3v) is 3.04. The largest absolute Gasteiger partial charge is 0.422 e. The van der Waals surface area contributed by atoms with E-state index in [1.165, 1.54) is 0 Å². The molecule has 0 aliphatic carbocycles. The summed E-state index contributed by atoms with van der Waals surface area (Å²) in [5.41, 5.74) is 0. The fourth-order valence-electron chi connectivity index (χ4n) is 1.47. The molecule has 1 aliphatic rings. The third kappa shape index (κ3) is 4.47. The van der Waals surface area contributed by atoms with Gasteiger partial charge in [0, 0.05) is 38.9 Å². The van der Waals surface area contributed by atoms with E-state index in [0.717, 1.165) is 5.75 Å². The van der Waals surface area contributed by atoms with Crippen molar-refractivity contribution in [3.05, 3.63) is 12.4 Å². The number of esters is 1. The maximum absolute atomic E-state index is 11.6. The first kappa shape index (κ1) is 14.2. The molecule has 1 heterocycles. The molecule has 0 saturated heterocycles. The molecular formula is C11H20N2O3S. The van der Waals surface area contributed by atoms with E-state index >= 15 is 0 Å². The fourth-order valence-corrected chi connectivity index (χ4v) is 1.84. The molecule has 0 radical (unpaired) electrons. The number of ether oxygens (including phenoxy) is 2. The highest BCUT2D eigenvalue weighted by atomic mass is 32.2. The van der Waals surface area contributed by atoms with Crippen molar-refractivity contribution in [3.63, 3.8) is 0 Å². The zero-order valence-corrected chi connectivity index (χ0v) is 11.4. The molecule has 0 saturated carbocycles. The van der Waals surface area contributed by atoms with Crippen LogP contribution in [0, 0.1) is 0 Å². The number of hydrogen-bond donors (Lipinski definition) is 0. The van der Waals surface area contributed by atoms with Crippen LogP contribution in [0.25, 0.3) is 0 Å². The molecule has 0 fully saturated rings. The predicted molar refractivity (Wildman–Crippen MR) is 68.4 cm³/mol. The third-order valence-electron chi connectivity index (χ3n) is 2.43. The summed E-state index contributed by atoms with van der Waals surface area (Å²) in [6.07, 6.45) is 5.89. The molecular weight excluding hydrogens is 240 g/mol. The first-order valence-corrected chi connectivity index (χ1v) is 6.91. The van der Waals surface area contributed by atoms with E-state index in [2.05, 4.69) is 0 Å². The second kappa shape index (κ2) is 7.45. The Labute approximate surface area is 107 Å². The molecule has 0 bridgehead atoms. The summed E-state index contributed by atoms with van der Waals surface area (Å²) >= 11 is 1.64. The zero-order chi connectivity index (χ0) is 12.7. The van der Waals surface area contributed by atoms with Crippen molar-refractivity contribution < 1.29 is 14.3 Å². The van der Waals surface area contributed by atoms with Crippen LogP contribution in [0.3, 0.4) is 0 Å². The molecule has 98 valence electrons. The summed E-state index contributed by atoms with van der Waals surface area (Å²) in [5, 5.41) is 0. The zero-order valence-electron chi connectivity index (χ0n) is 10.6. The predicted octanol–water partition coefficient (Wildman–Crippen LogP) is 0.931. The highest BCUT2D eigenvalue weighted by Crippen LogP contribution is 2.15. The summed E-state index contributed by atoms with van der Waals surface area (Å²) in [6.45, 7) is 1.31. The van der Waals surface area contributed by atoms with E-state index in [4.69, 9.17) is 9.47 Å². The van der Waals surface area contributed by atoms with Gasteiger partial charge in [-0.3, -0.25) is 4.79 Å². The van der Waals surface area contributed by atoms with Crippen LogP contribution in [-0.4, -0.2) is 61.4 Å². The second-order valence-corrected chi connectivity index (χ2v) is 4.74. The van der Waals surface area contributed by atoms with Crippen LogP contribution in [0.15, 0.2) is 12.4 Å². The maximum atomic E-state index is 11.6. The van der Waals surface area contributed by atoms with Gasteiger partial charge in [-0.2, -0.15) is 11.8 Å². The standard InChI is InChI=1S/C11H20N2O3S/c1-12-5-6-13(7-8-15-2)11(12)16-10(14)4-9-17-3/h5-6,11H,4,7-9H2,1-3H3. The van der Waals surface area contributed by atoms with Crippen molar-refractivity contribution in [2.75, 3.05) is 39.3 Å². The molecule has 1 aliphatic heterocycles. The van der Waals surface area contributed by atoms with E-state index in [1.807, 2.05) is 35.5 Å². The molecule has 0 spiro atoms. The van der Waals surface area contributed by atoms with E-state index in [1.54, 1.807) is 18.9 Å². The number of hydrogen-bond acceptors (Lipinski definition) is 6. The highest BCUT2D eigenvalue weighted by Gasteiger charge is 2.26. The summed E-state index contributed by atoms with van der Waals surface area (Å²) in [7, 11) is 3.54. The first-order valence-electron chi connectivity index (χ1n) is 5.52. The Kier molecular flexibility index (Phi) is 6.21. The van der Waals surface area contributed by atoms with Crippen molar-refractivity contribution >= 4 is 17.7 Å². The number of nitrogens with zero attached hydrogens (tertiary/aromatic N) is 2. The Hall–Kier alpha value is -0.880. The van der Waals surface area contributed by atoms with Crippen LogP contribution < -0.4 is 0 Å². The van der Waals surface area contributed by atoms with Crippen LogP contribution in [0.2, 0.25) is 0 Å². The molecule has 1 atom stereocenters. The van der Waals surface area contributed by atoms with Gasteiger partial charge in [0.2, 0.25) is 0 Å². The van der Waals surface area contributed by atoms with Crippen molar-refractivity contribution in [1.82, 2.24) is 9.80 Å². The monoisotopic (exact) mass is 260 g/mol. The number of methoxy groups -OCH3 is 1. The number of carbonyl (C=O) groups excluding carboxylic acids is 1. The Morgan fingerprint density at radius 3 is 2.88 bits per heavy atom. The van der Waals surface area contributed by atoms with Gasteiger partial charge in [0.1, 0.15) is 0 Å². The number of carbonyl (C=O) groups is 1. The number of thioether (sulfide) groups is 1. The summed E-state index contributed by atoms with van der Waals surface area (Å²) < 4.78 is 10.4. The van der Waals surface area contributed by atoms with Gasteiger partial charge in [0.05, 0.1) is 13.0 Å². The van der Waals surface area contributed by atoms with Gasteiger partial charge in [-0.1, -0.05) is 0 Å². The van der Waals surface area contributed by atoms with Crippen LogP contribution in [0.1, 0.15) is 6.42 Å². The first-order chi connectivity index (χ1) is 8.19.